The van der Waals surface area contributed by atoms with Crippen molar-refractivity contribution in [1.82, 2.24) is 4.90 Å². The Kier molecular flexibility index (Phi) is 3.50. The van der Waals surface area contributed by atoms with E-state index in [1.807, 2.05) is 0 Å². The summed E-state index contributed by atoms with van der Waals surface area (Å²) in [6, 6.07) is 0.520. The molecule has 0 aromatic heterocycles. The molecule has 0 aromatic rings. The van der Waals surface area contributed by atoms with Crippen molar-refractivity contribution >= 4 is 0 Å². The van der Waals surface area contributed by atoms with Gasteiger partial charge in [0.1, 0.15) is 0 Å². The van der Waals surface area contributed by atoms with E-state index in [9.17, 15) is 5.11 Å². The summed E-state index contributed by atoms with van der Waals surface area (Å²) in [5.74, 6) is 0.0566. The van der Waals surface area contributed by atoms with E-state index in [0.717, 1.165) is 19.5 Å². The molecular formula is C9H19NO2. The normalized spacial score (nSPS) is 32.8. The van der Waals surface area contributed by atoms with E-state index in [-0.39, 0.29) is 18.6 Å². The molecule has 12 heavy (non-hydrogen) atoms. The molecule has 1 rings (SSSR count). The summed E-state index contributed by atoms with van der Waals surface area (Å²) in [5.41, 5.74) is 0. The van der Waals surface area contributed by atoms with Gasteiger partial charge in [0.15, 0.2) is 0 Å². The zero-order valence-corrected chi connectivity index (χ0v) is 7.90. The van der Waals surface area contributed by atoms with E-state index >= 15 is 0 Å². The molecule has 1 aliphatic heterocycles. The van der Waals surface area contributed by atoms with Gasteiger partial charge in [-0.25, -0.2) is 0 Å². The highest BCUT2D eigenvalue weighted by Crippen LogP contribution is 2.18. The smallest absolute Gasteiger partial charge is 0.0614 e. The number of nitrogens with zero attached hydrogens (tertiary/aromatic N) is 1. The summed E-state index contributed by atoms with van der Waals surface area (Å²) >= 11 is 0. The van der Waals surface area contributed by atoms with E-state index in [4.69, 9.17) is 5.11 Å². The van der Waals surface area contributed by atoms with Gasteiger partial charge in [-0.2, -0.15) is 0 Å². The van der Waals surface area contributed by atoms with Crippen LogP contribution in [0.15, 0.2) is 0 Å². The second-order valence-corrected chi connectivity index (χ2v) is 3.89. The lowest BCUT2D eigenvalue weighted by molar-refractivity contribution is -0.00863. The number of aliphatic hydroxyl groups is 2. The molecule has 1 fully saturated rings. The Balaban J connectivity index is 2.44. The highest BCUT2D eigenvalue weighted by atomic mass is 16.3. The van der Waals surface area contributed by atoms with E-state index < -0.39 is 0 Å². The van der Waals surface area contributed by atoms with Gasteiger partial charge in [-0.1, -0.05) is 0 Å². The molecule has 0 bridgehead atoms. The van der Waals surface area contributed by atoms with Crippen LogP contribution in [0, 0.1) is 5.92 Å². The van der Waals surface area contributed by atoms with Crippen LogP contribution in [0.2, 0.25) is 0 Å². The standard InChI is InChI=1S/C9H19NO2/c1-7(2)10-4-3-9(12)8(5-10)6-11/h7-9,11-12H,3-6H2,1-2H3. The van der Waals surface area contributed by atoms with Crippen LogP contribution in [0.4, 0.5) is 0 Å². The average Bonchev–Trinajstić information content (AvgIpc) is 2.05. The van der Waals surface area contributed by atoms with Gasteiger partial charge in [-0.3, -0.25) is 0 Å². The fraction of sp³-hybridized carbons (Fsp3) is 1.00. The first-order valence-corrected chi connectivity index (χ1v) is 4.68. The molecule has 0 saturated carbocycles. The molecule has 1 saturated heterocycles. The van der Waals surface area contributed by atoms with Crippen molar-refractivity contribution in [2.45, 2.75) is 32.4 Å². The van der Waals surface area contributed by atoms with Crippen molar-refractivity contribution in [1.29, 1.82) is 0 Å². The van der Waals surface area contributed by atoms with E-state index in [2.05, 4.69) is 18.7 Å². The minimum absolute atomic E-state index is 0.0566. The maximum Gasteiger partial charge on any atom is 0.0614 e. The zero-order chi connectivity index (χ0) is 9.14. The first-order chi connectivity index (χ1) is 5.65. The molecule has 0 aromatic carbocycles. The number of rotatable bonds is 2. The monoisotopic (exact) mass is 173 g/mol. The van der Waals surface area contributed by atoms with Gasteiger partial charge in [0.2, 0.25) is 0 Å². The molecule has 0 radical (unpaired) electrons. The lowest BCUT2D eigenvalue weighted by atomic mass is 9.95. The SMILES string of the molecule is CC(C)N1CCC(O)C(CO)C1. The molecule has 0 spiro atoms. The van der Waals surface area contributed by atoms with Crippen LogP contribution in [0.5, 0.6) is 0 Å². The van der Waals surface area contributed by atoms with Gasteiger partial charge in [0.25, 0.3) is 0 Å². The van der Waals surface area contributed by atoms with E-state index in [1.165, 1.54) is 0 Å². The first-order valence-electron chi connectivity index (χ1n) is 4.68. The lowest BCUT2D eigenvalue weighted by Gasteiger charge is -2.37. The van der Waals surface area contributed by atoms with Crippen LogP contribution < -0.4 is 0 Å². The Bertz CT molecular complexity index is 138. The van der Waals surface area contributed by atoms with Crippen molar-refractivity contribution in [2.75, 3.05) is 19.7 Å². The summed E-state index contributed by atoms with van der Waals surface area (Å²) in [6.45, 7) is 6.17. The van der Waals surface area contributed by atoms with E-state index in [0.29, 0.717) is 6.04 Å². The fourth-order valence-corrected chi connectivity index (χ4v) is 1.70. The number of likely N-dealkylation sites (tertiary alicyclic amines) is 1. The number of hydrogen-bond acceptors (Lipinski definition) is 3. The minimum atomic E-state index is -0.301. The molecule has 3 heteroatoms. The largest absolute Gasteiger partial charge is 0.396 e. The molecule has 72 valence electrons. The second-order valence-electron chi connectivity index (χ2n) is 3.89. The highest BCUT2D eigenvalue weighted by molar-refractivity contribution is 4.80. The molecule has 2 atom stereocenters. The van der Waals surface area contributed by atoms with Crippen LogP contribution in [0.25, 0.3) is 0 Å². The molecule has 2 unspecified atom stereocenters. The fourth-order valence-electron chi connectivity index (χ4n) is 1.70. The number of piperidine rings is 1. The van der Waals surface area contributed by atoms with Gasteiger partial charge < -0.3 is 15.1 Å². The first kappa shape index (κ1) is 9.96. The second kappa shape index (κ2) is 4.21. The van der Waals surface area contributed by atoms with Gasteiger partial charge in [-0.05, 0) is 20.3 Å². The van der Waals surface area contributed by atoms with Crippen LogP contribution in [0.1, 0.15) is 20.3 Å². The third-order valence-electron chi connectivity index (χ3n) is 2.69. The molecular weight excluding hydrogens is 154 g/mol. The van der Waals surface area contributed by atoms with Crippen LogP contribution in [-0.2, 0) is 0 Å². The summed E-state index contributed by atoms with van der Waals surface area (Å²) in [6.07, 6.45) is 0.494. The Labute approximate surface area is 74.0 Å². The average molecular weight is 173 g/mol. The lowest BCUT2D eigenvalue weighted by Crippen LogP contribution is -2.47. The van der Waals surface area contributed by atoms with Gasteiger partial charge in [0, 0.05) is 31.7 Å². The number of hydrogen-bond donors (Lipinski definition) is 2. The third-order valence-corrected chi connectivity index (χ3v) is 2.69. The summed E-state index contributed by atoms with van der Waals surface area (Å²) in [5, 5.41) is 18.5. The Morgan fingerprint density at radius 1 is 1.50 bits per heavy atom. The maximum atomic E-state index is 9.48. The quantitative estimate of drug-likeness (QED) is 0.621. The predicted octanol–water partition coefficient (Wildman–Crippen LogP) is 0.0699. The maximum absolute atomic E-state index is 9.48. The third kappa shape index (κ3) is 2.19. The van der Waals surface area contributed by atoms with Crippen molar-refractivity contribution < 1.29 is 10.2 Å². The van der Waals surface area contributed by atoms with Crippen molar-refractivity contribution in [3.05, 3.63) is 0 Å². The number of aliphatic hydroxyl groups excluding tert-OH is 2. The van der Waals surface area contributed by atoms with Crippen LogP contribution >= 0.6 is 0 Å². The summed E-state index contributed by atoms with van der Waals surface area (Å²) in [7, 11) is 0. The molecule has 1 aliphatic rings. The highest BCUT2D eigenvalue weighted by Gasteiger charge is 2.27. The van der Waals surface area contributed by atoms with Crippen molar-refractivity contribution in [3.63, 3.8) is 0 Å². The van der Waals surface area contributed by atoms with Gasteiger partial charge in [-0.15, -0.1) is 0 Å². The molecule has 3 nitrogen and oxygen atoms in total. The topological polar surface area (TPSA) is 43.7 Å². The Morgan fingerprint density at radius 3 is 2.67 bits per heavy atom. The van der Waals surface area contributed by atoms with Crippen LogP contribution in [0.3, 0.4) is 0 Å². The van der Waals surface area contributed by atoms with E-state index in [1.54, 1.807) is 0 Å². The molecule has 2 N–H and O–H groups in total. The summed E-state index contributed by atoms with van der Waals surface area (Å²) in [4.78, 5) is 2.30. The van der Waals surface area contributed by atoms with Gasteiger partial charge in [0.05, 0.1) is 6.10 Å². The van der Waals surface area contributed by atoms with Crippen LogP contribution in [-0.4, -0.2) is 47.0 Å². The summed E-state index contributed by atoms with van der Waals surface area (Å²) < 4.78 is 0. The Morgan fingerprint density at radius 2 is 2.17 bits per heavy atom. The Hall–Kier alpha value is -0.120. The van der Waals surface area contributed by atoms with Crippen molar-refractivity contribution in [3.8, 4) is 0 Å². The van der Waals surface area contributed by atoms with Gasteiger partial charge >= 0.3 is 0 Å². The van der Waals surface area contributed by atoms with Crippen molar-refractivity contribution in [2.24, 2.45) is 5.92 Å². The minimum Gasteiger partial charge on any atom is -0.396 e. The molecule has 0 amide bonds. The zero-order valence-electron chi connectivity index (χ0n) is 7.90. The predicted molar refractivity (Wildman–Crippen MR) is 47.9 cm³/mol. The molecule has 1 heterocycles. The molecule has 0 aliphatic carbocycles.